The summed E-state index contributed by atoms with van der Waals surface area (Å²) in [5, 5.41) is 8.12. The molecular weight excluding hydrogens is 314 g/mol. The van der Waals surface area contributed by atoms with Crippen molar-refractivity contribution in [3.8, 4) is 5.75 Å². The Labute approximate surface area is 149 Å². The Morgan fingerprint density at radius 1 is 1.32 bits per heavy atom. The molecule has 1 aliphatic heterocycles. The highest BCUT2D eigenvalue weighted by molar-refractivity contribution is 5.30. The maximum absolute atomic E-state index is 5.25. The van der Waals surface area contributed by atoms with Crippen LogP contribution >= 0.6 is 0 Å². The van der Waals surface area contributed by atoms with Crippen molar-refractivity contribution in [3.05, 3.63) is 47.8 Å². The van der Waals surface area contributed by atoms with Gasteiger partial charge in [-0.3, -0.25) is 10.1 Å². The zero-order valence-electron chi connectivity index (χ0n) is 15.5. The highest BCUT2D eigenvalue weighted by Crippen LogP contribution is 2.26. The molecule has 1 aliphatic rings. The largest absolute Gasteiger partial charge is 0.497 e. The average molecular weight is 343 g/mol. The molecule has 0 spiro atoms. The van der Waals surface area contributed by atoms with Crippen LogP contribution in [0, 0.1) is 12.8 Å². The Balaban J connectivity index is 1.57. The molecule has 2 aromatic rings. The number of hydrogen-bond acceptors (Lipinski definition) is 5. The Morgan fingerprint density at radius 3 is 2.72 bits per heavy atom. The Kier molecular flexibility index (Phi) is 5.73. The number of nitrogens with one attached hydrogen (secondary N) is 3. The van der Waals surface area contributed by atoms with Gasteiger partial charge in [-0.1, -0.05) is 12.1 Å². The molecule has 4 unspecified atom stereocenters. The summed E-state index contributed by atoms with van der Waals surface area (Å²) in [5.74, 6) is 1.38. The third-order valence-corrected chi connectivity index (χ3v) is 5.14. The fourth-order valence-corrected chi connectivity index (χ4v) is 3.29. The lowest BCUT2D eigenvalue weighted by Crippen LogP contribution is -2.38. The summed E-state index contributed by atoms with van der Waals surface area (Å²) in [5.41, 5.74) is 9.17. The van der Waals surface area contributed by atoms with Gasteiger partial charge in [0.25, 0.3) is 0 Å². The second-order valence-electron chi connectivity index (χ2n) is 6.97. The second kappa shape index (κ2) is 7.99. The Hall–Kier alpha value is -1.89. The molecule has 0 bridgehead atoms. The van der Waals surface area contributed by atoms with E-state index in [9.17, 15) is 0 Å². The topological polar surface area (TPSA) is 63.1 Å². The standard InChI is InChI=1S/C19H29N5O/c1-13-9-22-24(12-13)15(3)14(2)20-10-17-11-21-23-19(17)16-5-7-18(25-4)8-6-16/h5-9,12,14-15,17,19-21,23H,10-11H2,1-4H3. The Bertz CT molecular complexity index is 669. The van der Waals surface area contributed by atoms with Crippen LogP contribution < -0.4 is 20.9 Å². The molecule has 2 heterocycles. The molecule has 0 saturated carbocycles. The predicted molar refractivity (Wildman–Crippen MR) is 99.5 cm³/mol. The maximum Gasteiger partial charge on any atom is 0.118 e. The third-order valence-electron chi connectivity index (χ3n) is 5.14. The van der Waals surface area contributed by atoms with Gasteiger partial charge in [0.15, 0.2) is 0 Å². The van der Waals surface area contributed by atoms with Crippen LogP contribution in [0.25, 0.3) is 0 Å². The molecule has 136 valence electrons. The molecule has 25 heavy (non-hydrogen) atoms. The lowest BCUT2D eigenvalue weighted by atomic mass is 9.94. The molecule has 1 aromatic carbocycles. The van der Waals surface area contributed by atoms with E-state index in [1.165, 1.54) is 11.1 Å². The van der Waals surface area contributed by atoms with Crippen LogP contribution in [0.2, 0.25) is 0 Å². The van der Waals surface area contributed by atoms with Crippen LogP contribution in [0.1, 0.15) is 37.1 Å². The first-order chi connectivity index (χ1) is 12.1. The van der Waals surface area contributed by atoms with E-state index in [0.717, 1.165) is 18.8 Å². The van der Waals surface area contributed by atoms with E-state index in [-0.39, 0.29) is 0 Å². The second-order valence-corrected chi connectivity index (χ2v) is 6.97. The first kappa shape index (κ1) is 17.9. The van der Waals surface area contributed by atoms with Crippen molar-refractivity contribution in [1.29, 1.82) is 0 Å². The third kappa shape index (κ3) is 4.21. The van der Waals surface area contributed by atoms with Crippen LogP contribution in [0.4, 0.5) is 0 Å². The molecule has 1 aromatic heterocycles. The van der Waals surface area contributed by atoms with Gasteiger partial charge in [-0.25, -0.2) is 5.43 Å². The zero-order chi connectivity index (χ0) is 17.8. The summed E-state index contributed by atoms with van der Waals surface area (Å²) >= 11 is 0. The number of aryl methyl sites for hydroxylation is 1. The summed E-state index contributed by atoms with van der Waals surface area (Å²) in [6, 6.07) is 9.26. The quantitative estimate of drug-likeness (QED) is 0.719. The molecule has 0 aliphatic carbocycles. The van der Waals surface area contributed by atoms with E-state index in [1.54, 1.807) is 7.11 Å². The first-order valence-corrected chi connectivity index (χ1v) is 8.95. The predicted octanol–water partition coefficient (Wildman–Crippen LogP) is 2.20. The molecular formula is C19H29N5O. The molecule has 1 saturated heterocycles. The van der Waals surface area contributed by atoms with Crippen molar-refractivity contribution < 1.29 is 4.74 Å². The van der Waals surface area contributed by atoms with Crippen molar-refractivity contribution in [2.24, 2.45) is 5.92 Å². The zero-order valence-corrected chi connectivity index (χ0v) is 15.5. The molecule has 3 N–H and O–H groups in total. The van der Waals surface area contributed by atoms with Crippen molar-refractivity contribution in [3.63, 3.8) is 0 Å². The minimum atomic E-state index is 0.299. The highest BCUT2D eigenvalue weighted by atomic mass is 16.5. The van der Waals surface area contributed by atoms with Gasteiger partial charge in [-0.15, -0.1) is 0 Å². The van der Waals surface area contributed by atoms with Gasteiger partial charge >= 0.3 is 0 Å². The van der Waals surface area contributed by atoms with Gasteiger partial charge in [0.1, 0.15) is 5.75 Å². The van der Waals surface area contributed by atoms with E-state index >= 15 is 0 Å². The van der Waals surface area contributed by atoms with Crippen molar-refractivity contribution in [2.45, 2.75) is 38.9 Å². The van der Waals surface area contributed by atoms with E-state index in [4.69, 9.17) is 4.74 Å². The van der Waals surface area contributed by atoms with Crippen molar-refractivity contribution >= 4 is 0 Å². The number of hydrogen-bond donors (Lipinski definition) is 3. The smallest absolute Gasteiger partial charge is 0.118 e. The van der Waals surface area contributed by atoms with Crippen LogP contribution in [0.15, 0.2) is 36.7 Å². The van der Waals surface area contributed by atoms with Crippen LogP contribution in [0.3, 0.4) is 0 Å². The van der Waals surface area contributed by atoms with Crippen molar-refractivity contribution in [2.75, 3.05) is 20.2 Å². The normalized spacial score (nSPS) is 22.7. The van der Waals surface area contributed by atoms with Crippen LogP contribution in [-0.4, -0.2) is 36.0 Å². The minimum Gasteiger partial charge on any atom is -0.497 e. The van der Waals surface area contributed by atoms with Gasteiger partial charge in [-0.2, -0.15) is 5.10 Å². The number of ether oxygens (including phenoxy) is 1. The fraction of sp³-hybridized carbons (Fsp3) is 0.526. The van der Waals surface area contributed by atoms with E-state index in [2.05, 4.69) is 60.4 Å². The van der Waals surface area contributed by atoms with Crippen LogP contribution in [0.5, 0.6) is 5.75 Å². The van der Waals surface area contributed by atoms with E-state index in [1.807, 2.05) is 23.0 Å². The number of nitrogens with zero attached hydrogens (tertiary/aromatic N) is 2. The SMILES string of the molecule is COc1ccc(C2NNCC2CNC(C)C(C)n2cc(C)cn2)cc1. The molecule has 3 rings (SSSR count). The van der Waals surface area contributed by atoms with E-state index in [0.29, 0.717) is 24.0 Å². The van der Waals surface area contributed by atoms with Gasteiger partial charge in [0.05, 0.1) is 25.4 Å². The van der Waals surface area contributed by atoms with Gasteiger partial charge in [-0.05, 0) is 44.0 Å². The van der Waals surface area contributed by atoms with Crippen molar-refractivity contribution in [1.82, 2.24) is 25.9 Å². The number of methoxy groups -OCH3 is 1. The lowest BCUT2D eigenvalue weighted by molar-refractivity contribution is 0.336. The fourth-order valence-electron chi connectivity index (χ4n) is 3.29. The minimum absolute atomic E-state index is 0.299. The van der Waals surface area contributed by atoms with Gasteiger partial charge in [0, 0.05) is 31.2 Å². The lowest BCUT2D eigenvalue weighted by Gasteiger charge is -2.25. The van der Waals surface area contributed by atoms with Gasteiger partial charge in [0.2, 0.25) is 0 Å². The first-order valence-electron chi connectivity index (χ1n) is 8.95. The highest BCUT2D eigenvalue weighted by Gasteiger charge is 2.28. The number of aromatic nitrogens is 2. The average Bonchev–Trinajstić information content (AvgIpc) is 3.28. The summed E-state index contributed by atoms with van der Waals surface area (Å²) in [4.78, 5) is 0. The number of hydrazine groups is 1. The molecule has 4 atom stereocenters. The summed E-state index contributed by atoms with van der Waals surface area (Å²) in [6.45, 7) is 8.40. The molecule has 0 amide bonds. The summed E-state index contributed by atoms with van der Waals surface area (Å²) < 4.78 is 7.29. The maximum atomic E-state index is 5.25. The molecule has 1 fully saturated rings. The summed E-state index contributed by atoms with van der Waals surface area (Å²) in [6.07, 6.45) is 4.01. The molecule has 6 heteroatoms. The number of benzene rings is 1. The van der Waals surface area contributed by atoms with E-state index < -0.39 is 0 Å². The summed E-state index contributed by atoms with van der Waals surface area (Å²) in [7, 11) is 1.70. The monoisotopic (exact) mass is 343 g/mol. The Morgan fingerprint density at radius 2 is 2.08 bits per heavy atom. The number of rotatable bonds is 7. The van der Waals surface area contributed by atoms with Crippen LogP contribution in [-0.2, 0) is 0 Å². The van der Waals surface area contributed by atoms with Gasteiger partial charge < -0.3 is 10.1 Å². The molecule has 0 radical (unpaired) electrons. The molecule has 6 nitrogen and oxygen atoms in total.